The molecule has 0 heterocycles. The Morgan fingerprint density at radius 3 is 0.935 bits per heavy atom. The number of rotatable bonds is 49. The van der Waals surface area contributed by atoms with Crippen LogP contribution in [-0.2, 0) is 28.6 Å². The van der Waals surface area contributed by atoms with Crippen molar-refractivity contribution in [3.63, 3.8) is 0 Å². The first-order valence-electron chi connectivity index (χ1n) is 27.0. The van der Waals surface area contributed by atoms with Gasteiger partial charge in [0.25, 0.3) is 0 Å². The van der Waals surface area contributed by atoms with Crippen LogP contribution >= 0.6 is 0 Å². The second kappa shape index (κ2) is 51.3. The fraction of sp³-hybridized carbons (Fsp3) is 0.839. The highest BCUT2D eigenvalue weighted by Crippen LogP contribution is 2.15. The third-order valence-corrected chi connectivity index (χ3v) is 11.9. The van der Waals surface area contributed by atoms with Crippen LogP contribution in [0.4, 0.5) is 0 Å². The number of ether oxygens (including phenoxy) is 3. The minimum absolute atomic E-state index is 0.0738. The molecule has 0 aliphatic rings. The van der Waals surface area contributed by atoms with Gasteiger partial charge in [0.15, 0.2) is 6.10 Å². The lowest BCUT2D eigenvalue weighted by Crippen LogP contribution is -2.30. The van der Waals surface area contributed by atoms with Crippen molar-refractivity contribution in [3.8, 4) is 0 Å². The maximum Gasteiger partial charge on any atom is 0.306 e. The first kappa shape index (κ1) is 59.6. The van der Waals surface area contributed by atoms with E-state index in [4.69, 9.17) is 14.2 Å². The molecule has 0 aromatic heterocycles. The average molecular weight is 871 g/mol. The quantitative estimate of drug-likeness (QED) is 0.0199. The molecule has 0 aromatic rings. The molecule has 1 unspecified atom stereocenters. The van der Waals surface area contributed by atoms with Crippen molar-refractivity contribution in [1.29, 1.82) is 0 Å². The summed E-state index contributed by atoms with van der Waals surface area (Å²) >= 11 is 0. The number of carbonyl (C=O) groups is 3. The molecule has 0 aliphatic heterocycles. The van der Waals surface area contributed by atoms with Gasteiger partial charge in [0.2, 0.25) is 0 Å². The van der Waals surface area contributed by atoms with E-state index in [0.29, 0.717) is 19.3 Å². The highest BCUT2D eigenvalue weighted by Gasteiger charge is 2.19. The van der Waals surface area contributed by atoms with Crippen LogP contribution in [0.15, 0.2) is 36.5 Å². The number of unbranched alkanes of at least 4 members (excludes halogenated alkanes) is 33. The molecule has 62 heavy (non-hydrogen) atoms. The third-order valence-electron chi connectivity index (χ3n) is 11.9. The van der Waals surface area contributed by atoms with Gasteiger partial charge < -0.3 is 14.2 Å². The zero-order chi connectivity index (χ0) is 45.1. The summed E-state index contributed by atoms with van der Waals surface area (Å²) in [7, 11) is 0. The molecule has 0 amide bonds. The van der Waals surface area contributed by atoms with Crippen molar-refractivity contribution < 1.29 is 28.6 Å². The minimum atomic E-state index is -0.773. The smallest absolute Gasteiger partial charge is 0.306 e. The summed E-state index contributed by atoms with van der Waals surface area (Å²) in [6.45, 7) is 6.60. The molecule has 0 saturated carbocycles. The molecule has 362 valence electrons. The van der Waals surface area contributed by atoms with E-state index in [-0.39, 0.29) is 31.1 Å². The Kier molecular flexibility index (Phi) is 49.3. The van der Waals surface area contributed by atoms with Gasteiger partial charge in [-0.15, -0.1) is 0 Å². The van der Waals surface area contributed by atoms with Crippen molar-refractivity contribution in [2.75, 3.05) is 13.2 Å². The number of hydrogen-bond donors (Lipinski definition) is 0. The first-order chi connectivity index (χ1) is 30.5. The Hall–Kier alpha value is -2.37. The van der Waals surface area contributed by atoms with Crippen molar-refractivity contribution in [1.82, 2.24) is 0 Å². The van der Waals surface area contributed by atoms with E-state index in [1.807, 2.05) is 0 Å². The van der Waals surface area contributed by atoms with E-state index in [1.165, 1.54) is 180 Å². The molecule has 0 aliphatic carbocycles. The number of carbonyl (C=O) groups excluding carboxylic acids is 3. The molecule has 0 bridgehead atoms. The predicted molar refractivity (Wildman–Crippen MR) is 266 cm³/mol. The van der Waals surface area contributed by atoms with Crippen molar-refractivity contribution in [2.24, 2.45) is 0 Å². The normalized spacial score (nSPS) is 12.2. The summed E-state index contributed by atoms with van der Waals surface area (Å²) in [6, 6.07) is 0. The fourth-order valence-corrected chi connectivity index (χ4v) is 7.78. The molecule has 0 aromatic carbocycles. The van der Waals surface area contributed by atoms with Crippen LogP contribution in [0.25, 0.3) is 0 Å². The second-order valence-corrected chi connectivity index (χ2v) is 18.2. The Morgan fingerprint density at radius 1 is 0.323 bits per heavy atom. The predicted octanol–water partition coefficient (Wildman–Crippen LogP) is 17.7. The van der Waals surface area contributed by atoms with Gasteiger partial charge in [0.05, 0.1) is 0 Å². The molecule has 0 rings (SSSR count). The summed E-state index contributed by atoms with van der Waals surface area (Å²) < 4.78 is 16.8. The first-order valence-corrected chi connectivity index (χ1v) is 27.0. The van der Waals surface area contributed by atoms with Gasteiger partial charge in [-0.3, -0.25) is 14.4 Å². The summed E-state index contributed by atoms with van der Waals surface area (Å²) in [5, 5.41) is 0. The maximum absolute atomic E-state index is 12.8. The summed E-state index contributed by atoms with van der Waals surface area (Å²) in [6.07, 6.45) is 59.9. The summed E-state index contributed by atoms with van der Waals surface area (Å²) in [5.74, 6) is -0.877. The maximum atomic E-state index is 12.8. The highest BCUT2D eigenvalue weighted by molar-refractivity contribution is 5.71. The van der Waals surface area contributed by atoms with Crippen molar-refractivity contribution in [3.05, 3.63) is 36.5 Å². The van der Waals surface area contributed by atoms with Crippen molar-refractivity contribution in [2.45, 2.75) is 290 Å². The van der Waals surface area contributed by atoms with Crippen LogP contribution in [0.5, 0.6) is 0 Å². The SMILES string of the molecule is CCCCC/C=C\C=C/CCCCCCCCCCCCC(=O)OCC(COC(=O)CCCCCCCCCCC)OC(=O)CCCCCCC/C=C\CCCCCCCCC. The standard InChI is InChI=1S/C56H102O6/c1-4-7-10-13-16-19-21-23-25-27-28-29-31-32-34-37-40-43-46-49-55(58)61-52-53(51-60-54(57)48-45-42-39-36-18-15-12-9-6-3)62-56(59)50-47-44-41-38-35-33-30-26-24-22-20-17-14-11-8-5-2/h16,19,21,23,26,30,53H,4-15,17-18,20,22,24-25,27-29,31-52H2,1-3H3/b19-16-,23-21-,30-26-. The Balaban J connectivity index is 4.29. The fourth-order valence-electron chi connectivity index (χ4n) is 7.78. The van der Waals surface area contributed by atoms with Crippen LogP contribution in [0.2, 0.25) is 0 Å². The van der Waals surface area contributed by atoms with Crippen LogP contribution in [0.3, 0.4) is 0 Å². The molecule has 0 fully saturated rings. The largest absolute Gasteiger partial charge is 0.462 e. The van der Waals surface area contributed by atoms with E-state index in [2.05, 4.69) is 57.2 Å². The molecule has 6 heteroatoms. The molecule has 0 saturated heterocycles. The van der Waals surface area contributed by atoms with E-state index in [1.54, 1.807) is 0 Å². The second-order valence-electron chi connectivity index (χ2n) is 18.2. The van der Waals surface area contributed by atoms with Gasteiger partial charge in [0, 0.05) is 19.3 Å². The van der Waals surface area contributed by atoms with Crippen LogP contribution < -0.4 is 0 Å². The van der Waals surface area contributed by atoms with Gasteiger partial charge in [-0.1, -0.05) is 231 Å². The monoisotopic (exact) mass is 871 g/mol. The molecule has 6 nitrogen and oxygen atoms in total. The van der Waals surface area contributed by atoms with Crippen molar-refractivity contribution >= 4 is 17.9 Å². The number of esters is 3. The molecule has 0 N–H and O–H groups in total. The molecule has 0 radical (unpaired) electrons. The van der Waals surface area contributed by atoms with Gasteiger partial charge in [-0.05, 0) is 70.6 Å². The Bertz CT molecular complexity index is 1050. The van der Waals surface area contributed by atoms with Crippen LogP contribution in [-0.4, -0.2) is 37.2 Å². The zero-order valence-corrected chi connectivity index (χ0v) is 41.4. The van der Waals surface area contributed by atoms with E-state index in [0.717, 1.165) is 64.2 Å². The molecule has 1 atom stereocenters. The third kappa shape index (κ3) is 48.7. The Labute approximate surface area is 385 Å². The minimum Gasteiger partial charge on any atom is -0.462 e. The topological polar surface area (TPSA) is 78.9 Å². The van der Waals surface area contributed by atoms with Gasteiger partial charge >= 0.3 is 17.9 Å². The zero-order valence-electron chi connectivity index (χ0n) is 41.4. The average Bonchev–Trinajstić information content (AvgIpc) is 3.27. The summed E-state index contributed by atoms with van der Waals surface area (Å²) in [5.41, 5.74) is 0. The number of hydrogen-bond acceptors (Lipinski definition) is 6. The lowest BCUT2D eigenvalue weighted by Gasteiger charge is -2.18. The Morgan fingerprint density at radius 2 is 0.581 bits per heavy atom. The molecular formula is C56H102O6. The lowest BCUT2D eigenvalue weighted by molar-refractivity contribution is -0.167. The van der Waals surface area contributed by atoms with E-state index in [9.17, 15) is 14.4 Å². The summed E-state index contributed by atoms with van der Waals surface area (Å²) in [4.78, 5) is 37.9. The molecule has 0 spiro atoms. The van der Waals surface area contributed by atoms with E-state index < -0.39 is 6.10 Å². The van der Waals surface area contributed by atoms with Gasteiger partial charge in [0.1, 0.15) is 13.2 Å². The van der Waals surface area contributed by atoms with E-state index >= 15 is 0 Å². The van der Waals surface area contributed by atoms with Gasteiger partial charge in [-0.25, -0.2) is 0 Å². The van der Waals surface area contributed by atoms with Gasteiger partial charge in [-0.2, -0.15) is 0 Å². The number of allylic oxidation sites excluding steroid dienone is 6. The molecular weight excluding hydrogens is 769 g/mol. The highest BCUT2D eigenvalue weighted by atomic mass is 16.6. The lowest BCUT2D eigenvalue weighted by atomic mass is 10.1. The van der Waals surface area contributed by atoms with Crippen LogP contribution in [0, 0.1) is 0 Å². The van der Waals surface area contributed by atoms with Crippen LogP contribution in [0.1, 0.15) is 284 Å².